The standard InChI is InChI=1S/C34H22N4/c1-36-32-19-24-7-3-5-9-29(24)38(32)31-17-13-22-10-14-26-30(16-12-21-11-15-27(31)34(22)33(21)26)37-25(20-35)18-23-6-2-4-8-28(23)37/h2-17,25,32H,18-19H2. The average molecular weight is 487 g/mol. The van der Waals surface area contributed by atoms with Crippen LogP contribution >= 0.6 is 0 Å². The van der Waals surface area contributed by atoms with Crippen LogP contribution in [0.15, 0.2) is 97.1 Å². The maximum atomic E-state index is 10.1. The van der Waals surface area contributed by atoms with Crippen molar-refractivity contribution in [1.82, 2.24) is 0 Å². The Kier molecular flexibility index (Phi) is 4.28. The molecule has 0 fully saturated rings. The van der Waals surface area contributed by atoms with Gasteiger partial charge in [0.25, 0.3) is 0 Å². The van der Waals surface area contributed by atoms with E-state index in [4.69, 9.17) is 6.57 Å². The first-order valence-electron chi connectivity index (χ1n) is 13.0. The van der Waals surface area contributed by atoms with Crippen molar-refractivity contribution in [3.05, 3.63) is 120 Å². The highest BCUT2D eigenvalue weighted by molar-refractivity contribution is 6.27. The number of nitrogens with zero attached hydrogens (tertiary/aromatic N) is 4. The van der Waals surface area contributed by atoms with Gasteiger partial charge < -0.3 is 4.90 Å². The van der Waals surface area contributed by atoms with Crippen LogP contribution in [-0.2, 0) is 12.8 Å². The summed E-state index contributed by atoms with van der Waals surface area (Å²) < 4.78 is 0. The Morgan fingerprint density at radius 1 is 0.632 bits per heavy atom. The van der Waals surface area contributed by atoms with Crippen LogP contribution in [-0.4, -0.2) is 12.2 Å². The van der Waals surface area contributed by atoms with Gasteiger partial charge in [-0.1, -0.05) is 72.8 Å². The predicted molar refractivity (Wildman–Crippen MR) is 155 cm³/mol. The lowest BCUT2D eigenvalue weighted by atomic mass is 9.92. The summed E-state index contributed by atoms with van der Waals surface area (Å²) in [7, 11) is 0. The largest absolute Gasteiger partial charge is 0.324 e. The second-order valence-corrected chi connectivity index (χ2v) is 10.3. The Morgan fingerprint density at radius 3 is 1.76 bits per heavy atom. The van der Waals surface area contributed by atoms with Crippen molar-refractivity contribution in [1.29, 1.82) is 5.26 Å². The van der Waals surface area contributed by atoms with E-state index in [1.54, 1.807) is 0 Å². The second kappa shape index (κ2) is 7.72. The highest BCUT2D eigenvalue weighted by Gasteiger charge is 2.36. The molecule has 8 rings (SSSR count). The monoisotopic (exact) mass is 486 g/mol. The molecule has 2 heterocycles. The minimum atomic E-state index is -0.251. The van der Waals surface area contributed by atoms with Crippen molar-refractivity contribution < 1.29 is 0 Å². The van der Waals surface area contributed by atoms with Crippen LogP contribution in [0.2, 0.25) is 0 Å². The summed E-state index contributed by atoms with van der Waals surface area (Å²) in [4.78, 5) is 8.45. The van der Waals surface area contributed by atoms with Crippen molar-refractivity contribution in [2.75, 3.05) is 9.80 Å². The molecule has 4 nitrogen and oxygen atoms in total. The van der Waals surface area contributed by atoms with E-state index in [2.05, 4.69) is 118 Å². The van der Waals surface area contributed by atoms with E-state index in [0.717, 1.165) is 46.4 Å². The molecule has 0 saturated heterocycles. The van der Waals surface area contributed by atoms with Gasteiger partial charge in [-0.05, 0) is 56.9 Å². The third-order valence-corrected chi connectivity index (χ3v) is 8.36. The van der Waals surface area contributed by atoms with Crippen molar-refractivity contribution in [3.8, 4) is 6.07 Å². The maximum Gasteiger partial charge on any atom is 0.306 e. The minimum Gasteiger partial charge on any atom is -0.324 e. The lowest BCUT2D eigenvalue weighted by Gasteiger charge is -2.27. The van der Waals surface area contributed by atoms with E-state index in [9.17, 15) is 5.26 Å². The Bertz CT molecular complexity index is 1850. The smallest absolute Gasteiger partial charge is 0.306 e. The molecule has 2 atom stereocenters. The summed E-state index contributed by atoms with van der Waals surface area (Å²) in [5, 5.41) is 17.2. The molecule has 2 aliphatic rings. The fourth-order valence-electron chi connectivity index (χ4n) is 6.74. The van der Waals surface area contributed by atoms with Gasteiger partial charge in [-0.2, -0.15) is 5.26 Å². The van der Waals surface area contributed by atoms with Crippen molar-refractivity contribution >= 4 is 55.1 Å². The molecular formula is C34H22N4. The zero-order valence-corrected chi connectivity index (χ0v) is 20.6. The lowest BCUT2D eigenvalue weighted by molar-refractivity contribution is 0.831. The van der Waals surface area contributed by atoms with Crippen LogP contribution in [0.25, 0.3) is 37.2 Å². The molecule has 6 aromatic rings. The van der Waals surface area contributed by atoms with E-state index in [-0.39, 0.29) is 12.2 Å². The van der Waals surface area contributed by atoms with Gasteiger partial charge in [-0.25, -0.2) is 6.57 Å². The topological polar surface area (TPSA) is 34.6 Å². The lowest BCUT2D eigenvalue weighted by Crippen LogP contribution is -2.25. The highest BCUT2D eigenvalue weighted by atomic mass is 15.3. The first kappa shape index (κ1) is 21.1. The number of hydrogen-bond acceptors (Lipinski definition) is 3. The van der Waals surface area contributed by atoms with Crippen LogP contribution in [0.4, 0.5) is 22.7 Å². The van der Waals surface area contributed by atoms with E-state index in [0.29, 0.717) is 0 Å². The maximum absolute atomic E-state index is 10.1. The van der Waals surface area contributed by atoms with Crippen molar-refractivity contribution in [3.63, 3.8) is 0 Å². The van der Waals surface area contributed by atoms with Crippen molar-refractivity contribution in [2.45, 2.75) is 25.0 Å². The summed E-state index contributed by atoms with van der Waals surface area (Å²) in [5.41, 5.74) is 6.81. The van der Waals surface area contributed by atoms with E-state index in [1.807, 2.05) is 0 Å². The van der Waals surface area contributed by atoms with Crippen LogP contribution in [0.3, 0.4) is 0 Å². The Labute approximate surface area is 220 Å². The van der Waals surface area contributed by atoms with Gasteiger partial charge in [0.15, 0.2) is 0 Å². The summed E-state index contributed by atoms with van der Waals surface area (Å²) in [5.74, 6) is 0. The summed E-state index contributed by atoms with van der Waals surface area (Å²) in [6.07, 6.45) is 1.21. The normalized spacial score (nSPS) is 18.2. The number of anilines is 4. The quantitative estimate of drug-likeness (QED) is 0.183. The van der Waals surface area contributed by atoms with Crippen LogP contribution < -0.4 is 9.80 Å². The molecule has 38 heavy (non-hydrogen) atoms. The zero-order chi connectivity index (χ0) is 25.4. The van der Waals surface area contributed by atoms with E-state index < -0.39 is 0 Å². The van der Waals surface area contributed by atoms with Gasteiger partial charge >= 0.3 is 6.17 Å². The van der Waals surface area contributed by atoms with Gasteiger partial charge in [-0.3, -0.25) is 9.74 Å². The molecule has 0 aliphatic carbocycles. The van der Waals surface area contributed by atoms with Gasteiger partial charge in [0.2, 0.25) is 0 Å². The molecule has 178 valence electrons. The molecule has 2 aliphatic heterocycles. The molecule has 2 unspecified atom stereocenters. The fraction of sp³-hybridized carbons (Fsp3) is 0.118. The number of para-hydroxylation sites is 2. The van der Waals surface area contributed by atoms with Gasteiger partial charge in [0, 0.05) is 22.9 Å². The number of nitriles is 1. The highest BCUT2D eigenvalue weighted by Crippen LogP contribution is 2.48. The molecule has 0 spiro atoms. The fourth-order valence-corrected chi connectivity index (χ4v) is 6.74. The SMILES string of the molecule is [C-]#[N+]C1Cc2ccccc2N1c1ccc2ccc3c(N4c5ccccc5CC4C#N)ccc4ccc1c2c43. The first-order chi connectivity index (χ1) is 18.8. The molecule has 0 N–H and O–H groups in total. The molecule has 0 aromatic heterocycles. The second-order valence-electron chi connectivity index (χ2n) is 10.3. The number of rotatable bonds is 2. The molecule has 0 amide bonds. The molecule has 0 bridgehead atoms. The number of hydrogen-bond donors (Lipinski definition) is 0. The zero-order valence-electron chi connectivity index (χ0n) is 20.6. The summed E-state index contributed by atoms with van der Waals surface area (Å²) >= 11 is 0. The van der Waals surface area contributed by atoms with Crippen LogP contribution in [0, 0.1) is 17.9 Å². The van der Waals surface area contributed by atoms with Gasteiger partial charge in [0.05, 0.1) is 29.6 Å². The molecule has 6 aromatic carbocycles. The minimum absolute atomic E-state index is 0.234. The Hall–Kier alpha value is -5.06. The van der Waals surface area contributed by atoms with Crippen LogP contribution in [0.5, 0.6) is 0 Å². The van der Waals surface area contributed by atoms with Crippen molar-refractivity contribution in [2.24, 2.45) is 0 Å². The number of fused-ring (bicyclic) bond motifs is 2. The average Bonchev–Trinajstić information content (AvgIpc) is 3.54. The van der Waals surface area contributed by atoms with E-state index >= 15 is 0 Å². The third-order valence-electron chi connectivity index (χ3n) is 8.36. The molecule has 0 saturated carbocycles. The molecule has 4 heteroatoms. The third kappa shape index (κ3) is 2.72. The summed E-state index contributed by atoms with van der Waals surface area (Å²) in [6.45, 7) is 7.94. The van der Waals surface area contributed by atoms with Crippen LogP contribution in [0.1, 0.15) is 11.1 Å². The molecular weight excluding hydrogens is 464 g/mol. The first-order valence-corrected chi connectivity index (χ1v) is 13.0. The number of benzene rings is 6. The Balaban J connectivity index is 1.41. The van der Waals surface area contributed by atoms with E-state index in [1.165, 1.54) is 32.7 Å². The van der Waals surface area contributed by atoms with Gasteiger partial charge in [0.1, 0.15) is 6.04 Å². The molecule has 0 radical (unpaired) electrons. The Morgan fingerprint density at radius 2 is 1.16 bits per heavy atom. The summed E-state index contributed by atoms with van der Waals surface area (Å²) in [6, 6.07) is 36.6. The van der Waals surface area contributed by atoms with Gasteiger partial charge in [-0.15, -0.1) is 0 Å². The predicted octanol–water partition coefficient (Wildman–Crippen LogP) is 8.11.